The summed E-state index contributed by atoms with van der Waals surface area (Å²) >= 11 is 0. The molecule has 0 saturated carbocycles. The average molecular weight is 410 g/mol. The van der Waals surface area contributed by atoms with Crippen LogP contribution in [0.25, 0.3) is 11.0 Å². The molecule has 2 aromatic carbocycles. The Morgan fingerprint density at radius 3 is 2.53 bits per heavy atom. The highest BCUT2D eigenvalue weighted by Gasteiger charge is 2.23. The molecular formula is C24H31N3O3. The van der Waals surface area contributed by atoms with Gasteiger partial charge in [-0.25, -0.2) is 4.98 Å². The minimum atomic E-state index is 0.270. The Hall–Kier alpha value is -2.57. The number of unbranched alkanes of at least 4 members (excludes halogenated alkanes) is 1. The third-order valence-electron chi connectivity index (χ3n) is 5.75. The van der Waals surface area contributed by atoms with E-state index in [1.165, 1.54) is 5.52 Å². The first-order chi connectivity index (χ1) is 14.8. The highest BCUT2D eigenvalue weighted by molar-refractivity contribution is 5.76. The van der Waals surface area contributed by atoms with Crippen molar-refractivity contribution in [3.05, 3.63) is 54.4 Å². The van der Waals surface area contributed by atoms with Crippen molar-refractivity contribution >= 4 is 11.0 Å². The van der Waals surface area contributed by atoms with Crippen LogP contribution >= 0.6 is 0 Å². The predicted octanol–water partition coefficient (Wildman–Crippen LogP) is 4.30. The van der Waals surface area contributed by atoms with Crippen molar-refractivity contribution < 1.29 is 14.2 Å². The van der Waals surface area contributed by atoms with E-state index in [1.54, 1.807) is 7.11 Å². The van der Waals surface area contributed by atoms with E-state index in [0.717, 1.165) is 68.5 Å². The Balaban J connectivity index is 1.41. The molecule has 1 saturated heterocycles. The van der Waals surface area contributed by atoms with Crippen molar-refractivity contribution in [2.24, 2.45) is 0 Å². The molecule has 160 valence electrons. The number of imidazole rings is 1. The van der Waals surface area contributed by atoms with Crippen LogP contribution in [0.15, 0.2) is 48.5 Å². The highest BCUT2D eigenvalue weighted by Crippen LogP contribution is 2.27. The largest absolute Gasteiger partial charge is 0.493 e. The van der Waals surface area contributed by atoms with Crippen LogP contribution in [0, 0.1) is 0 Å². The standard InChI is InChI=1S/C24H31N3O3/c1-19(26-14-17-29-18-15-26)24-25-20-9-3-4-10-21(20)27(24)13-7-8-16-30-23-12-6-5-11-22(23)28-2/h3-6,9-12,19H,7-8,13-18H2,1-2H3. The highest BCUT2D eigenvalue weighted by atomic mass is 16.5. The summed E-state index contributed by atoms with van der Waals surface area (Å²) in [6.45, 7) is 7.36. The fourth-order valence-electron chi connectivity index (χ4n) is 4.07. The number of ether oxygens (including phenoxy) is 3. The van der Waals surface area contributed by atoms with Crippen LogP contribution in [-0.4, -0.2) is 54.5 Å². The summed E-state index contributed by atoms with van der Waals surface area (Å²) in [5.74, 6) is 2.72. The van der Waals surface area contributed by atoms with Gasteiger partial charge in [0.05, 0.1) is 44.0 Å². The maximum absolute atomic E-state index is 5.94. The lowest BCUT2D eigenvalue weighted by Crippen LogP contribution is -2.39. The zero-order valence-corrected chi connectivity index (χ0v) is 17.9. The lowest BCUT2D eigenvalue weighted by molar-refractivity contribution is 0.0176. The summed E-state index contributed by atoms with van der Waals surface area (Å²) in [6.07, 6.45) is 1.99. The second kappa shape index (κ2) is 9.96. The van der Waals surface area contributed by atoms with Gasteiger partial charge in [-0.3, -0.25) is 4.90 Å². The van der Waals surface area contributed by atoms with E-state index in [4.69, 9.17) is 19.2 Å². The van der Waals surface area contributed by atoms with E-state index < -0.39 is 0 Å². The number of hydrogen-bond acceptors (Lipinski definition) is 5. The van der Waals surface area contributed by atoms with Gasteiger partial charge in [-0.2, -0.15) is 0 Å². The molecule has 1 aliphatic rings. The number of aromatic nitrogens is 2. The van der Waals surface area contributed by atoms with Gasteiger partial charge in [-0.15, -0.1) is 0 Å². The number of benzene rings is 2. The number of methoxy groups -OCH3 is 1. The van der Waals surface area contributed by atoms with Crippen LogP contribution in [0.1, 0.15) is 31.6 Å². The van der Waals surface area contributed by atoms with Gasteiger partial charge >= 0.3 is 0 Å². The van der Waals surface area contributed by atoms with Crippen molar-refractivity contribution in [2.45, 2.75) is 32.4 Å². The molecule has 1 fully saturated rings. The molecule has 1 aromatic heterocycles. The van der Waals surface area contributed by atoms with Gasteiger partial charge in [-0.1, -0.05) is 24.3 Å². The second-order valence-electron chi connectivity index (χ2n) is 7.64. The Morgan fingerprint density at radius 2 is 1.73 bits per heavy atom. The molecule has 6 nitrogen and oxygen atoms in total. The second-order valence-corrected chi connectivity index (χ2v) is 7.64. The van der Waals surface area contributed by atoms with E-state index in [9.17, 15) is 0 Å². The molecule has 4 rings (SSSR count). The van der Waals surface area contributed by atoms with Gasteiger partial charge in [0.25, 0.3) is 0 Å². The smallest absolute Gasteiger partial charge is 0.161 e. The first-order valence-electron chi connectivity index (χ1n) is 10.8. The molecule has 1 aliphatic heterocycles. The van der Waals surface area contributed by atoms with Gasteiger partial charge in [0.1, 0.15) is 5.82 Å². The van der Waals surface area contributed by atoms with Crippen molar-refractivity contribution in [2.75, 3.05) is 40.0 Å². The van der Waals surface area contributed by atoms with Crippen LogP contribution in [0.2, 0.25) is 0 Å². The van der Waals surface area contributed by atoms with Gasteiger partial charge < -0.3 is 18.8 Å². The van der Waals surface area contributed by atoms with E-state index >= 15 is 0 Å². The average Bonchev–Trinajstić information content (AvgIpc) is 3.18. The zero-order valence-electron chi connectivity index (χ0n) is 17.9. The number of fused-ring (bicyclic) bond motifs is 1. The van der Waals surface area contributed by atoms with Gasteiger partial charge in [0.15, 0.2) is 11.5 Å². The molecule has 2 heterocycles. The molecule has 3 aromatic rings. The third kappa shape index (κ3) is 4.60. The number of nitrogens with zero attached hydrogens (tertiary/aromatic N) is 3. The number of para-hydroxylation sites is 4. The summed E-state index contributed by atoms with van der Waals surface area (Å²) in [7, 11) is 1.67. The first-order valence-corrected chi connectivity index (χ1v) is 10.8. The van der Waals surface area contributed by atoms with Crippen molar-refractivity contribution in [1.29, 1.82) is 0 Å². The fourth-order valence-corrected chi connectivity index (χ4v) is 4.07. The number of hydrogen-bond donors (Lipinski definition) is 0. The summed E-state index contributed by atoms with van der Waals surface area (Å²) in [4.78, 5) is 7.45. The molecule has 1 unspecified atom stereocenters. The lowest BCUT2D eigenvalue weighted by Gasteiger charge is -2.32. The van der Waals surface area contributed by atoms with Gasteiger partial charge in [-0.05, 0) is 44.0 Å². The summed E-state index contributed by atoms with van der Waals surface area (Å²) in [5, 5.41) is 0. The minimum absolute atomic E-state index is 0.270. The van der Waals surface area contributed by atoms with E-state index in [1.807, 2.05) is 24.3 Å². The SMILES string of the molecule is COc1ccccc1OCCCCn1c(C(C)N2CCOCC2)nc2ccccc21. The molecule has 30 heavy (non-hydrogen) atoms. The zero-order chi connectivity index (χ0) is 20.8. The van der Waals surface area contributed by atoms with E-state index in [-0.39, 0.29) is 6.04 Å². The molecule has 0 spiro atoms. The Morgan fingerprint density at radius 1 is 1.00 bits per heavy atom. The Bertz CT molecular complexity index is 950. The molecule has 6 heteroatoms. The molecule has 0 N–H and O–H groups in total. The monoisotopic (exact) mass is 409 g/mol. The maximum atomic E-state index is 5.94. The van der Waals surface area contributed by atoms with Crippen LogP contribution in [0.5, 0.6) is 11.5 Å². The normalized spacial score (nSPS) is 15.9. The van der Waals surface area contributed by atoms with Crippen molar-refractivity contribution in [1.82, 2.24) is 14.5 Å². The molecular weight excluding hydrogens is 378 g/mol. The minimum Gasteiger partial charge on any atom is -0.493 e. The molecule has 1 atom stereocenters. The summed E-state index contributed by atoms with van der Waals surface area (Å²) in [6, 6.07) is 16.5. The van der Waals surface area contributed by atoms with Gasteiger partial charge in [0.2, 0.25) is 0 Å². The number of rotatable bonds is 9. The summed E-state index contributed by atoms with van der Waals surface area (Å²) in [5.41, 5.74) is 2.27. The quantitative estimate of drug-likeness (QED) is 0.493. The predicted molar refractivity (Wildman–Crippen MR) is 118 cm³/mol. The number of morpholine rings is 1. The molecule has 0 amide bonds. The lowest BCUT2D eigenvalue weighted by atomic mass is 10.2. The van der Waals surface area contributed by atoms with Crippen molar-refractivity contribution in [3.63, 3.8) is 0 Å². The fraction of sp³-hybridized carbons (Fsp3) is 0.458. The van der Waals surface area contributed by atoms with Crippen molar-refractivity contribution in [3.8, 4) is 11.5 Å². The van der Waals surface area contributed by atoms with Crippen LogP contribution in [-0.2, 0) is 11.3 Å². The number of aryl methyl sites for hydroxylation is 1. The van der Waals surface area contributed by atoms with E-state index in [2.05, 4.69) is 40.7 Å². The molecule has 0 bridgehead atoms. The van der Waals surface area contributed by atoms with Gasteiger partial charge in [0, 0.05) is 19.6 Å². The van der Waals surface area contributed by atoms with Crippen LogP contribution < -0.4 is 9.47 Å². The molecule has 0 radical (unpaired) electrons. The van der Waals surface area contributed by atoms with Crippen LogP contribution in [0.4, 0.5) is 0 Å². The van der Waals surface area contributed by atoms with E-state index in [0.29, 0.717) is 6.61 Å². The van der Waals surface area contributed by atoms with Crippen LogP contribution in [0.3, 0.4) is 0 Å². The molecule has 0 aliphatic carbocycles. The maximum Gasteiger partial charge on any atom is 0.161 e. The Kier molecular flexibility index (Phi) is 6.87. The summed E-state index contributed by atoms with van der Waals surface area (Å²) < 4.78 is 19.2. The topological polar surface area (TPSA) is 48.8 Å². The first kappa shape index (κ1) is 20.7. The Labute approximate surface area is 178 Å². The third-order valence-corrected chi connectivity index (χ3v) is 5.75.